The number of phenols is 2. The molecular formula is C13H18O4. The normalized spacial score (nSPS) is 10.5. The maximum atomic E-state index is 11.1. The molecule has 0 saturated heterocycles. The lowest BCUT2D eigenvalue weighted by Crippen LogP contribution is -2.04. The van der Waals surface area contributed by atoms with Gasteiger partial charge in [-0.2, -0.15) is 0 Å². The van der Waals surface area contributed by atoms with Gasteiger partial charge in [-0.1, -0.05) is 19.8 Å². The summed E-state index contributed by atoms with van der Waals surface area (Å²) < 4.78 is 0. The van der Waals surface area contributed by atoms with Gasteiger partial charge >= 0.3 is 5.97 Å². The van der Waals surface area contributed by atoms with E-state index in [2.05, 4.69) is 6.92 Å². The third-order valence-electron chi connectivity index (χ3n) is 2.87. The highest BCUT2D eigenvalue weighted by Gasteiger charge is 2.19. The molecule has 0 unspecified atom stereocenters. The lowest BCUT2D eigenvalue weighted by Gasteiger charge is -2.11. The van der Waals surface area contributed by atoms with E-state index in [9.17, 15) is 15.0 Å². The molecule has 17 heavy (non-hydrogen) atoms. The van der Waals surface area contributed by atoms with Gasteiger partial charge in [-0.3, -0.25) is 0 Å². The van der Waals surface area contributed by atoms with Crippen molar-refractivity contribution in [3.05, 3.63) is 22.8 Å². The third kappa shape index (κ3) is 2.90. The topological polar surface area (TPSA) is 77.8 Å². The van der Waals surface area contributed by atoms with Crippen LogP contribution >= 0.6 is 0 Å². The second kappa shape index (κ2) is 5.57. The van der Waals surface area contributed by atoms with Crippen molar-refractivity contribution in [3.8, 4) is 11.5 Å². The van der Waals surface area contributed by atoms with Crippen molar-refractivity contribution < 1.29 is 20.1 Å². The first-order valence-corrected chi connectivity index (χ1v) is 5.76. The molecular weight excluding hydrogens is 220 g/mol. The van der Waals surface area contributed by atoms with E-state index in [1.807, 2.05) is 0 Å². The lowest BCUT2D eigenvalue weighted by atomic mass is 9.97. The van der Waals surface area contributed by atoms with E-state index in [1.54, 1.807) is 0 Å². The molecule has 0 fully saturated rings. The van der Waals surface area contributed by atoms with Crippen molar-refractivity contribution in [2.45, 2.75) is 39.5 Å². The molecule has 0 radical (unpaired) electrons. The zero-order valence-electron chi connectivity index (χ0n) is 10.2. The molecule has 0 saturated carbocycles. The maximum absolute atomic E-state index is 11.1. The van der Waals surface area contributed by atoms with Crippen LogP contribution in [0.15, 0.2) is 6.07 Å². The molecule has 0 heterocycles. The van der Waals surface area contributed by atoms with Gasteiger partial charge in [-0.15, -0.1) is 0 Å². The molecule has 4 heteroatoms. The third-order valence-corrected chi connectivity index (χ3v) is 2.87. The molecule has 0 aliphatic carbocycles. The average Bonchev–Trinajstić information content (AvgIpc) is 2.26. The lowest BCUT2D eigenvalue weighted by molar-refractivity contribution is 0.0692. The Bertz CT molecular complexity index is 424. The zero-order chi connectivity index (χ0) is 13.0. The summed E-state index contributed by atoms with van der Waals surface area (Å²) in [5.41, 5.74) is 0.615. The Morgan fingerprint density at radius 2 is 1.94 bits per heavy atom. The first-order valence-electron chi connectivity index (χ1n) is 5.76. The SMILES string of the molecule is CCCCCc1cc(O)c(C)c(O)c1C(=O)O. The van der Waals surface area contributed by atoms with E-state index in [4.69, 9.17) is 5.11 Å². The molecule has 1 rings (SSSR count). The molecule has 0 aliphatic rings. The zero-order valence-corrected chi connectivity index (χ0v) is 10.2. The molecule has 1 aromatic carbocycles. The molecule has 0 aromatic heterocycles. The number of carboxylic acids is 1. The molecule has 0 aliphatic heterocycles. The summed E-state index contributed by atoms with van der Waals surface area (Å²) in [7, 11) is 0. The van der Waals surface area contributed by atoms with Crippen LogP contribution in [0, 0.1) is 6.92 Å². The summed E-state index contributed by atoms with van der Waals surface area (Å²) in [4.78, 5) is 11.1. The summed E-state index contributed by atoms with van der Waals surface area (Å²) >= 11 is 0. The minimum Gasteiger partial charge on any atom is -0.508 e. The summed E-state index contributed by atoms with van der Waals surface area (Å²) in [5.74, 6) is -1.54. The highest BCUT2D eigenvalue weighted by atomic mass is 16.4. The van der Waals surface area contributed by atoms with Crippen molar-refractivity contribution in [1.82, 2.24) is 0 Å². The van der Waals surface area contributed by atoms with E-state index in [0.29, 0.717) is 12.0 Å². The first kappa shape index (κ1) is 13.4. The number of aromatic hydroxyl groups is 2. The highest BCUT2D eigenvalue weighted by Crippen LogP contribution is 2.33. The summed E-state index contributed by atoms with van der Waals surface area (Å²) in [6, 6.07) is 1.44. The average molecular weight is 238 g/mol. The van der Waals surface area contributed by atoms with Gasteiger partial charge in [-0.05, 0) is 31.4 Å². The second-order valence-corrected chi connectivity index (χ2v) is 4.17. The molecule has 0 amide bonds. The van der Waals surface area contributed by atoms with Crippen LogP contribution in [0.4, 0.5) is 0 Å². The molecule has 4 nitrogen and oxygen atoms in total. The number of rotatable bonds is 5. The van der Waals surface area contributed by atoms with Crippen LogP contribution in [-0.2, 0) is 6.42 Å². The van der Waals surface area contributed by atoms with Gasteiger partial charge < -0.3 is 15.3 Å². The second-order valence-electron chi connectivity index (χ2n) is 4.17. The van der Waals surface area contributed by atoms with Crippen LogP contribution in [0.2, 0.25) is 0 Å². The van der Waals surface area contributed by atoms with Crippen molar-refractivity contribution >= 4 is 5.97 Å². The van der Waals surface area contributed by atoms with Crippen molar-refractivity contribution in [2.75, 3.05) is 0 Å². The number of hydrogen-bond donors (Lipinski definition) is 3. The number of aryl methyl sites for hydroxylation is 1. The van der Waals surface area contributed by atoms with Gasteiger partial charge in [0.2, 0.25) is 0 Å². The molecule has 0 bridgehead atoms. The fourth-order valence-corrected chi connectivity index (χ4v) is 1.81. The number of unbranched alkanes of at least 4 members (excludes halogenated alkanes) is 2. The van der Waals surface area contributed by atoms with Crippen LogP contribution in [-0.4, -0.2) is 21.3 Å². The van der Waals surface area contributed by atoms with Gasteiger partial charge in [-0.25, -0.2) is 4.79 Å². The molecule has 0 spiro atoms. The van der Waals surface area contributed by atoms with Gasteiger partial charge in [0, 0.05) is 5.56 Å². The number of aromatic carboxylic acids is 1. The van der Waals surface area contributed by atoms with Crippen LogP contribution in [0.25, 0.3) is 0 Å². The predicted octanol–water partition coefficient (Wildman–Crippen LogP) is 2.84. The number of carboxylic acid groups (broad SMARTS) is 1. The Kier molecular flexibility index (Phi) is 4.37. The summed E-state index contributed by atoms with van der Waals surface area (Å²) in [5, 5.41) is 28.4. The van der Waals surface area contributed by atoms with Crippen molar-refractivity contribution in [3.63, 3.8) is 0 Å². The fraction of sp³-hybridized carbons (Fsp3) is 0.462. The summed E-state index contributed by atoms with van der Waals surface area (Å²) in [6.07, 6.45) is 3.43. The Balaban J connectivity index is 3.14. The fourth-order valence-electron chi connectivity index (χ4n) is 1.81. The van der Waals surface area contributed by atoms with Crippen molar-refractivity contribution in [1.29, 1.82) is 0 Å². The first-order chi connectivity index (χ1) is 7.99. The van der Waals surface area contributed by atoms with Crippen LogP contribution in [0.5, 0.6) is 11.5 Å². The van der Waals surface area contributed by atoms with Crippen LogP contribution < -0.4 is 0 Å². The Hall–Kier alpha value is -1.71. The summed E-state index contributed by atoms with van der Waals surface area (Å²) in [6.45, 7) is 3.55. The minimum absolute atomic E-state index is 0.0565. The number of phenolic OH excluding ortho intramolecular Hbond substituents is 1. The molecule has 3 N–H and O–H groups in total. The molecule has 0 atom stereocenters. The Labute approximate surface area is 101 Å². The van der Waals surface area contributed by atoms with E-state index >= 15 is 0 Å². The monoisotopic (exact) mass is 238 g/mol. The quantitative estimate of drug-likeness (QED) is 0.689. The highest BCUT2D eigenvalue weighted by molar-refractivity contribution is 5.93. The van der Waals surface area contributed by atoms with Gasteiger partial charge in [0.05, 0.1) is 0 Å². The van der Waals surface area contributed by atoms with E-state index in [0.717, 1.165) is 19.3 Å². The number of benzene rings is 1. The largest absolute Gasteiger partial charge is 0.508 e. The Morgan fingerprint density at radius 3 is 2.47 bits per heavy atom. The minimum atomic E-state index is -1.16. The standard InChI is InChI=1S/C13H18O4/c1-3-4-5-6-9-7-10(14)8(2)12(15)11(9)13(16)17/h7,14-15H,3-6H2,1-2H3,(H,16,17). The van der Waals surface area contributed by atoms with Crippen LogP contribution in [0.3, 0.4) is 0 Å². The van der Waals surface area contributed by atoms with Gasteiger partial charge in [0.25, 0.3) is 0 Å². The van der Waals surface area contributed by atoms with E-state index in [-0.39, 0.29) is 22.6 Å². The number of carbonyl (C=O) groups is 1. The van der Waals surface area contributed by atoms with Gasteiger partial charge in [0.1, 0.15) is 17.1 Å². The number of hydrogen-bond acceptors (Lipinski definition) is 3. The molecule has 1 aromatic rings. The smallest absolute Gasteiger partial charge is 0.339 e. The van der Waals surface area contributed by atoms with E-state index < -0.39 is 5.97 Å². The predicted molar refractivity (Wildman–Crippen MR) is 64.7 cm³/mol. The maximum Gasteiger partial charge on any atom is 0.339 e. The van der Waals surface area contributed by atoms with Gasteiger partial charge in [0.15, 0.2) is 0 Å². The molecule has 94 valence electrons. The Morgan fingerprint density at radius 1 is 1.29 bits per heavy atom. The van der Waals surface area contributed by atoms with Crippen LogP contribution in [0.1, 0.15) is 47.7 Å². The van der Waals surface area contributed by atoms with Crippen molar-refractivity contribution in [2.24, 2.45) is 0 Å². The van der Waals surface area contributed by atoms with E-state index in [1.165, 1.54) is 13.0 Å².